The molecule has 0 spiro atoms. The number of alkyl halides is 3. The van der Waals surface area contributed by atoms with Gasteiger partial charge in [0.25, 0.3) is 0 Å². The molecule has 1 N–H and O–H groups in total. The highest BCUT2D eigenvalue weighted by molar-refractivity contribution is 9.10. The smallest absolute Gasteiger partial charge is 0.313 e. The van der Waals surface area contributed by atoms with Crippen molar-refractivity contribution in [2.45, 2.75) is 18.6 Å². The van der Waals surface area contributed by atoms with E-state index in [1.54, 1.807) is 7.05 Å². The summed E-state index contributed by atoms with van der Waals surface area (Å²) >= 11 is 3.36. The van der Waals surface area contributed by atoms with E-state index in [9.17, 15) is 13.2 Å². The molecule has 1 heterocycles. The van der Waals surface area contributed by atoms with E-state index in [1.807, 2.05) is 24.3 Å². The van der Waals surface area contributed by atoms with Crippen molar-refractivity contribution in [3.8, 4) is 0 Å². The maximum Gasteiger partial charge on any atom is 0.416 e. The molecule has 6 heteroatoms. The quantitative estimate of drug-likeness (QED) is 0.877. The maximum atomic E-state index is 13.1. The fraction of sp³-hybridized carbons (Fsp3) is 0.267. The Labute approximate surface area is 129 Å². The van der Waals surface area contributed by atoms with Crippen molar-refractivity contribution in [2.75, 3.05) is 7.05 Å². The molecule has 0 bridgehead atoms. The lowest BCUT2D eigenvalue weighted by atomic mass is 9.96. The molecule has 2 rings (SSSR count). The van der Waals surface area contributed by atoms with Gasteiger partial charge in [-0.25, -0.2) is 0 Å². The summed E-state index contributed by atoms with van der Waals surface area (Å²) in [6.07, 6.45) is -1.49. The zero-order valence-electron chi connectivity index (χ0n) is 11.3. The highest BCUT2D eigenvalue weighted by Crippen LogP contribution is 2.35. The van der Waals surface area contributed by atoms with Crippen molar-refractivity contribution in [2.24, 2.45) is 0 Å². The number of likely N-dealkylation sites (N-methyl/N-ethyl adjacent to an activating group) is 1. The van der Waals surface area contributed by atoms with Crippen molar-refractivity contribution >= 4 is 15.9 Å². The van der Waals surface area contributed by atoms with Gasteiger partial charge < -0.3 is 5.32 Å². The molecule has 1 unspecified atom stereocenters. The van der Waals surface area contributed by atoms with Gasteiger partial charge in [-0.05, 0) is 42.8 Å². The van der Waals surface area contributed by atoms with E-state index >= 15 is 0 Å². The Hall–Kier alpha value is -1.40. The van der Waals surface area contributed by atoms with Crippen LogP contribution in [0.4, 0.5) is 13.2 Å². The van der Waals surface area contributed by atoms with Crippen LogP contribution >= 0.6 is 15.9 Å². The van der Waals surface area contributed by atoms with E-state index in [4.69, 9.17) is 0 Å². The van der Waals surface area contributed by atoms with Gasteiger partial charge in [0.15, 0.2) is 0 Å². The second-order valence-electron chi connectivity index (χ2n) is 4.64. The molecule has 1 atom stereocenters. The van der Waals surface area contributed by atoms with Crippen LogP contribution in [-0.4, -0.2) is 12.0 Å². The highest BCUT2D eigenvalue weighted by Gasteiger charge is 2.35. The molecule has 112 valence electrons. The van der Waals surface area contributed by atoms with Gasteiger partial charge in [0.05, 0.1) is 5.56 Å². The summed E-state index contributed by atoms with van der Waals surface area (Å²) in [4.78, 5) is 3.84. The number of pyridine rings is 1. The average Bonchev–Trinajstić information content (AvgIpc) is 2.44. The monoisotopic (exact) mass is 358 g/mol. The first-order chi connectivity index (χ1) is 9.91. The summed E-state index contributed by atoms with van der Waals surface area (Å²) in [7, 11) is 1.65. The van der Waals surface area contributed by atoms with Gasteiger partial charge in [0.1, 0.15) is 0 Å². The SMILES string of the molecule is CNC(Cc1cccc(Br)c1)c1cnccc1C(F)(F)F. The number of aromatic nitrogens is 1. The van der Waals surface area contributed by atoms with E-state index in [1.165, 1.54) is 6.20 Å². The van der Waals surface area contributed by atoms with E-state index in [-0.39, 0.29) is 5.56 Å². The molecule has 2 aromatic rings. The zero-order chi connectivity index (χ0) is 15.5. The molecule has 0 aliphatic carbocycles. The Bertz CT molecular complexity index is 614. The fourth-order valence-corrected chi connectivity index (χ4v) is 2.66. The van der Waals surface area contributed by atoms with Gasteiger partial charge in [-0.1, -0.05) is 28.1 Å². The molecule has 1 aromatic carbocycles. The summed E-state index contributed by atoms with van der Waals surface area (Å²) in [5.74, 6) is 0. The normalized spacial score (nSPS) is 13.2. The third-order valence-electron chi connectivity index (χ3n) is 3.21. The molecular weight excluding hydrogens is 345 g/mol. The van der Waals surface area contributed by atoms with Gasteiger partial charge in [0, 0.05) is 22.9 Å². The minimum atomic E-state index is -4.38. The first kappa shape index (κ1) is 16.0. The minimum absolute atomic E-state index is 0.160. The van der Waals surface area contributed by atoms with Crippen LogP contribution in [0.25, 0.3) is 0 Å². The van der Waals surface area contributed by atoms with Crippen LogP contribution in [0.2, 0.25) is 0 Å². The number of nitrogens with zero attached hydrogens (tertiary/aromatic N) is 1. The van der Waals surface area contributed by atoms with Gasteiger partial charge in [-0.2, -0.15) is 13.2 Å². The Morgan fingerprint density at radius 1 is 1.29 bits per heavy atom. The summed E-state index contributed by atoms with van der Waals surface area (Å²) in [6, 6.07) is 8.08. The Morgan fingerprint density at radius 3 is 2.67 bits per heavy atom. The minimum Gasteiger partial charge on any atom is -0.313 e. The van der Waals surface area contributed by atoms with Gasteiger partial charge in [-0.15, -0.1) is 0 Å². The number of hydrogen-bond acceptors (Lipinski definition) is 2. The topological polar surface area (TPSA) is 24.9 Å². The van der Waals surface area contributed by atoms with E-state index < -0.39 is 17.8 Å². The molecular formula is C15H14BrF3N2. The summed E-state index contributed by atoms with van der Waals surface area (Å²) in [5, 5.41) is 2.94. The first-order valence-electron chi connectivity index (χ1n) is 6.34. The number of benzene rings is 1. The van der Waals surface area contributed by atoms with Crippen LogP contribution in [0.5, 0.6) is 0 Å². The molecule has 21 heavy (non-hydrogen) atoms. The van der Waals surface area contributed by atoms with Crippen molar-refractivity contribution in [3.05, 3.63) is 63.9 Å². The molecule has 0 aliphatic heterocycles. The maximum absolute atomic E-state index is 13.1. The highest BCUT2D eigenvalue weighted by atomic mass is 79.9. The summed E-state index contributed by atoms with van der Waals surface area (Å²) < 4.78 is 40.2. The lowest BCUT2D eigenvalue weighted by molar-refractivity contribution is -0.138. The molecule has 0 saturated heterocycles. The first-order valence-corrected chi connectivity index (χ1v) is 7.14. The van der Waals surface area contributed by atoms with E-state index in [0.717, 1.165) is 22.3 Å². The average molecular weight is 359 g/mol. The van der Waals surface area contributed by atoms with Crippen LogP contribution < -0.4 is 5.32 Å². The number of nitrogens with one attached hydrogen (secondary N) is 1. The van der Waals surface area contributed by atoms with Gasteiger partial charge in [-0.3, -0.25) is 4.98 Å². The van der Waals surface area contributed by atoms with Crippen LogP contribution in [0.3, 0.4) is 0 Å². The molecule has 1 aromatic heterocycles. The van der Waals surface area contributed by atoms with Crippen molar-refractivity contribution in [1.82, 2.24) is 10.3 Å². The number of rotatable bonds is 4. The van der Waals surface area contributed by atoms with Gasteiger partial charge >= 0.3 is 6.18 Å². The molecule has 0 radical (unpaired) electrons. The Balaban J connectivity index is 2.34. The molecule has 0 fully saturated rings. The number of halogens is 4. The molecule has 0 aliphatic rings. The summed E-state index contributed by atoms with van der Waals surface area (Å²) in [5.41, 5.74) is 0.458. The Kier molecular flexibility index (Phi) is 5.00. The van der Waals surface area contributed by atoms with Crippen LogP contribution in [0, 0.1) is 0 Å². The third-order valence-corrected chi connectivity index (χ3v) is 3.70. The number of hydrogen-bond donors (Lipinski definition) is 1. The zero-order valence-corrected chi connectivity index (χ0v) is 12.9. The Morgan fingerprint density at radius 2 is 2.05 bits per heavy atom. The molecule has 2 nitrogen and oxygen atoms in total. The predicted octanol–water partition coefficient (Wildman–Crippen LogP) is 4.37. The van der Waals surface area contributed by atoms with Crippen molar-refractivity contribution < 1.29 is 13.2 Å². The predicted molar refractivity (Wildman–Crippen MR) is 78.9 cm³/mol. The fourth-order valence-electron chi connectivity index (χ4n) is 2.21. The van der Waals surface area contributed by atoms with E-state index in [2.05, 4.69) is 26.2 Å². The molecule has 0 saturated carbocycles. The second-order valence-corrected chi connectivity index (χ2v) is 5.55. The van der Waals surface area contributed by atoms with Crippen molar-refractivity contribution in [1.29, 1.82) is 0 Å². The van der Waals surface area contributed by atoms with Crippen LogP contribution in [0.15, 0.2) is 47.2 Å². The lowest BCUT2D eigenvalue weighted by Crippen LogP contribution is -2.23. The standard InChI is InChI=1S/C15H14BrF3N2/c1-20-14(8-10-3-2-4-11(16)7-10)12-9-21-6-5-13(12)15(17,18)19/h2-7,9,14,20H,8H2,1H3. The van der Waals surface area contributed by atoms with Crippen LogP contribution in [0.1, 0.15) is 22.7 Å². The lowest BCUT2D eigenvalue weighted by Gasteiger charge is -2.21. The largest absolute Gasteiger partial charge is 0.416 e. The molecule has 0 amide bonds. The third kappa shape index (κ3) is 4.04. The van der Waals surface area contributed by atoms with Crippen molar-refractivity contribution in [3.63, 3.8) is 0 Å². The van der Waals surface area contributed by atoms with E-state index in [0.29, 0.717) is 6.42 Å². The second kappa shape index (κ2) is 6.58. The van der Waals surface area contributed by atoms with Crippen LogP contribution in [-0.2, 0) is 12.6 Å². The summed E-state index contributed by atoms with van der Waals surface area (Å²) in [6.45, 7) is 0. The van der Waals surface area contributed by atoms with Gasteiger partial charge in [0.2, 0.25) is 0 Å².